The number of hydrogen-bond acceptors (Lipinski definition) is 4. The molecule has 1 aliphatic rings. The standard InChI is InChI=1S/C20H24N2O4S/c1-16-10-11-18(20(23)21-26-15-17-8-4-2-5-9-17)14-19(16)27(24,25)22-12-6-3-7-13-22/h2,4-5,8-11,14H,3,6-7,12-13,15H2,1H3,(H,21,23). The zero-order valence-electron chi connectivity index (χ0n) is 15.3. The van der Waals surface area contributed by atoms with Crippen LogP contribution in [0.15, 0.2) is 53.4 Å². The molecule has 0 saturated carbocycles. The van der Waals surface area contributed by atoms with Crippen molar-refractivity contribution in [2.75, 3.05) is 13.1 Å². The van der Waals surface area contributed by atoms with Crippen molar-refractivity contribution in [1.82, 2.24) is 9.79 Å². The Morgan fingerprint density at radius 3 is 2.48 bits per heavy atom. The maximum absolute atomic E-state index is 12.9. The zero-order chi connectivity index (χ0) is 19.3. The first kappa shape index (κ1) is 19.5. The minimum atomic E-state index is -3.60. The first-order valence-corrected chi connectivity index (χ1v) is 10.5. The van der Waals surface area contributed by atoms with Gasteiger partial charge in [-0.25, -0.2) is 13.9 Å². The fourth-order valence-electron chi connectivity index (χ4n) is 3.08. The van der Waals surface area contributed by atoms with Crippen LogP contribution in [-0.2, 0) is 21.5 Å². The number of carbonyl (C=O) groups excluding carboxylic acids is 1. The molecule has 2 aromatic rings. The highest BCUT2D eigenvalue weighted by atomic mass is 32.2. The van der Waals surface area contributed by atoms with E-state index in [4.69, 9.17) is 4.84 Å². The number of aryl methyl sites for hydroxylation is 1. The Balaban J connectivity index is 1.71. The van der Waals surface area contributed by atoms with Gasteiger partial charge >= 0.3 is 0 Å². The summed E-state index contributed by atoms with van der Waals surface area (Å²) >= 11 is 0. The molecule has 1 fully saturated rings. The number of benzene rings is 2. The minimum absolute atomic E-state index is 0.181. The maximum atomic E-state index is 12.9. The highest BCUT2D eigenvalue weighted by Crippen LogP contribution is 2.24. The van der Waals surface area contributed by atoms with Crippen LogP contribution in [0.4, 0.5) is 0 Å². The Morgan fingerprint density at radius 1 is 1.07 bits per heavy atom. The Hall–Kier alpha value is -2.22. The van der Waals surface area contributed by atoms with Gasteiger partial charge < -0.3 is 0 Å². The molecule has 0 spiro atoms. The maximum Gasteiger partial charge on any atom is 0.274 e. The number of rotatable bonds is 6. The first-order valence-electron chi connectivity index (χ1n) is 9.05. The van der Waals surface area contributed by atoms with Gasteiger partial charge in [0.05, 0.1) is 11.5 Å². The number of carbonyl (C=O) groups is 1. The van der Waals surface area contributed by atoms with Crippen LogP contribution in [0.5, 0.6) is 0 Å². The van der Waals surface area contributed by atoms with Crippen LogP contribution in [0.25, 0.3) is 0 Å². The van der Waals surface area contributed by atoms with Crippen LogP contribution in [0.2, 0.25) is 0 Å². The molecular formula is C20H24N2O4S. The molecule has 6 nitrogen and oxygen atoms in total. The quantitative estimate of drug-likeness (QED) is 0.772. The molecule has 0 radical (unpaired) electrons. The fraction of sp³-hybridized carbons (Fsp3) is 0.350. The monoisotopic (exact) mass is 388 g/mol. The van der Waals surface area contributed by atoms with E-state index in [1.165, 1.54) is 10.4 Å². The smallest absolute Gasteiger partial charge is 0.269 e. The number of piperidine rings is 1. The molecule has 1 aliphatic heterocycles. The summed E-state index contributed by atoms with van der Waals surface area (Å²) in [5.74, 6) is -0.471. The van der Waals surface area contributed by atoms with Crippen LogP contribution in [0, 0.1) is 6.92 Å². The van der Waals surface area contributed by atoms with E-state index in [1.807, 2.05) is 30.3 Å². The molecule has 0 aliphatic carbocycles. The van der Waals surface area contributed by atoms with E-state index in [-0.39, 0.29) is 17.1 Å². The molecule has 2 aromatic carbocycles. The highest BCUT2D eigenvalue weighted by molar-refractivity contribution is 7.89. The molecular weight excluding hydrogens is 364 g/mol. The van der Waals surface area contributed by atoms with E-state index in [1.54, 1.807) is 19.1 Å². The van der Waals surface area contributed by atoms with Crippen molar-refractivity contribution in [2.24, 2.45) is 0 Å². The molecule has 3 rings (SSSR count). The van der Waals surface area contributed by atoms with E-state index in [2.05, 4.69) is 5.48 Å². The minimum Gasteiger partial charge on any atom is -0.269 e. The van der Waals surface area contributed by atoms with Gasteiger partial charge in [-0.3, -0.25) is 9.63 Å². The third-order valence-electron chi connectivity index (χ3n) is 4.63. The van der Waals surface area contributed by atoms with Crippen LogP contribution in [-0.4, -0.2) is 31.7 Å². The zero-order valence-corrected chi connectivity index (χ0v) is 16.2. The Morgan fingerprint density at radius 2 is 1.78 bits per heavy atom. The molecule has 7 heteroatoms. The molecule has 0 unspecified atom stereocenters. The Labute approximate surface area is 160 Å². The van der Waals surface area contributed by atoms with Gasteiger partial charge in [0.1, 0.15) is 0 Å². The summed E-state index contributed by atoms with van der Waals surface area (Å²) in [7, 11) is -3.60. The number of hydroxylamine groups is 1. The number of sulfonamides is 1. The number of hydrogen-bond donors (Lipinski definition) is 1. The summed E-state index contributed by atoms with van der Waals surface area (Å²) in [4.78, 5) is 17.8. The predicted molar refractivity (Wildman–Crippen MR) is 102 cm³/mol. The largest absolute Gasteiger partial charge is 0.274 e. The van der Waals surface area contributed by atoms with Gasteiger partial charge in [0.25, 0.3) is 5.91 Å². The lowest BCUT2D eigenvalue weighted by atomic mass is 10.1. The lowest BCUT2D eigenvalue weighted by Gasteiger charge is -2.26. The molecule has 0 atom stereocenters. The Kier molecular flexibility index (Phi) is 6.26. The topological polar surface area (TPSA) is 75.7 Å². The number of amides is 1. The second-order valence-electron chi connectivity index (χ2n) is 6.65. The molecule has 1 saturated heterocycles. The van der Waals surface area contributed by atoms with Crippen molar-refractivity contribution >= 4 is 15.9 Å². The van der Waals surface area contributed by atoms with Gasteiger partial charge in [0.2, 0.25) is 10.0 Å². The van der Waals surface area contributed by atoms with Gasteiger partial charge in [0, 0.05) is 18.7 Å². The van der Waals surface area contributed by atoms with Gasteiger partial charge in [0.15, 0.2) is 0 Å². The highest BCUT2D eigenvalue weighted by Gasteiger charge is 2.28. The van der Waals surface area contributed by atoms with E-state index >= 15 is 0 Å². The summed E-state index contributed by atoms with van der Waals surface area (Å²) in [5.41, 5.74) is 4.18. The third kappa shape index (κ3) is 4.74. The number of nitrogens with zero attached hydrogens (tertiary/aromatic N) is 1. The predicted octanol–water partition coefficient (Wildman–Crippen LogP) is 3.03. The summed E-state index contributed by atoms with van der Waals surface area (Å²) in [5, 5.41) is 0. The second kappa shape index (κ2) is 8.65. The van der Waals surface area contributed by atoms with Crippen molar-refractivity contribution in [3.63, 3.8) is 0 Å². The summed E-state index contributed by atoms with van der Waals surface area (Å²) in [6.45, 7) is 3.03. The van der Waals surface area contributed by atoms with E-state index < -0.39 is 15.9 Å². The SMILES string of the molecule is Cc1ccc(C(=O)NOCc2ccccc2)cc1S(=O)(=O)N1CCCCC1. The van der Waals surface area contributed by atoms with E-state index in [0.29, 0.717) is 18.7 Å². The average Bonchev–Trinajstić information content (AvgIpc) is 2.69. The normalized spacial score (nSPS) is 15.4. The van der Waals surface area contributed by atoms with E-state index in [9.17, 15) is 13.2 Å². The van der Waals surface area contributed by atoms with Gasteiger partial charge in [-0.1, -0.05) is 42.8 Å². The number of nitrogens with one attached hydrogen (secondary N) is 1. The first-order chi connectivity index (χ1) is 13.0. The Bertz CT molecular complexity index is 891. The third-order valence-corrected chi connectivity index (χ3v) is 6.67. The van der Waals surface area contributed by atoms with Crippen LogP contribution >= 0.6 is 0 Å². The van der Waals surface area contributed by atoms with Crippen LogP contribution in [0.1, 0.15) is 40.7 Å². The molecule has 1 amide bonds. The van der Waals surface area contributed by atoms with Crippen molar-refractivity contribution in [3.8, 4) is 0 Å². The fourth-order valence-corrected chi connectivity index (χ4v) is 4.85. The van der Waals surface area contributed by atoms with Crippen molar-refractivity contribution in [1.29, 1.82) is 0 Å². The summed E-state index contributed by atoms with van der Waals surface area (Å²) < 4.78 is 27.4. The molecule has 27 heavy (non-hydrogen) atoms. The second-order valence-corrected chi connectivity index (χ2v) is 8.56. The molecule has 1 heterocycles. The molecule has 1 N–H and O–H groups in total. The van der Waals surface area contributed by atoms with Crippen molar-refractivity contribution in [2.45, 2.75) is 37.7 Å². The molecule has 0 aromatic heterocycles. The van der Waals surface area contributed by atoms with Crippen molar-refractivity contribution in [3.05, 3.63) is 65.2 Å². The van der Waals surface area contributed by atoms with Gasteiger partial charge in [-0.05, 0) is 43.0 Å². The van der Waals surface area contributed by atoms with Crippen molar-refractivity contribution < 1.29 is 18.0 Å². The van der Waals surface area contributed by atoms with Gasteiger partial charge in [-0.15, -0.1) is 0 Å². The van der Waals surface area contributed by atoms with E-state index in [0.717, 1.165) is 24.8 Å². The lowest BCUT2D eigenvalue weighted by Crippen LogP contribution is -2.36. The van der Waals surface area contributed by atoms with Gasteiger partial charge in [-0.2, -0.15) is 4.31 Å². The summed E-state index contributed by atoms with van der Waals surface area (Å²) in [6, 6.07) is 14.1. The average molecular weight is 388 g/mol. The molecule has 0 bridgehead atoms. The van der Waals surface area contributed by atoms with Crippen LogP contribution < -0.4 is 5.48 Å². The lowest BCUT2D eigenvalue weighted by molar-refractivity contribution is 0.0233. The molecule has 144 valence electrons. The van der Waals surface area contributed by atoms with Crippen LogP contribution in [0.3, 0.4) is 0 Å². The summed E-state index contributed by atoms with van der Waals surface area (Å²) in [6.07, 6.45) is 2.78.